The molecule has 0 bridgehead atoms. The number of aliphatic hydroxyl groups excluding tert-OH is 1. The molecular formula is C20H26O5. The summed E-state index contributed by atoms with van der Waals surface area (Å²) in [5.74, 6) is -1.02. The number of aliphatic carboxylic acids is 1. The highest BCUT2D eigenvalue weighted by Crippen LogP contribution is 2.46. The van der Waals surface area contributed by atoms with Gasteiger partial charge >= 0.3 is 5.97 Å². The first-order valence-electron chi connectivity index (χ1n) is 8.55. The fourth-order valence-corrected chi connectivity index (χ4v) is 3.55. The molecule has 25 heavy (non-hydrogen) atoms. The Morgan fingerprint density at radius 3 is 2.44 bits per heavy atom. The summed E-state index contributed by atoms with van der Waals surface area (Å²) in [7, 11) is 0. The molecular weight excluding hydrogens is 320 g/mol. The lowest BCUT2D eigenvalue weighted by Crippen LogP contribution is -2.18. The van der Waals surface area contributed by atoms with E-state index in [2.05, 4.69) is 6.58 Å². The van der Waals surface area contributed by atoms with Crippen molar-refractivity contribution in [1.29, 1.82) is 0 Å². The van der Waals surface area contributed by atoms with Gasteiger partial charge in [-0.15, -0.1) is 0 Å². The number of rotatable bonds is 7. The van der Waals surface area contributed by atoms with Gasteiger partial charge in [0.15, 0.2) is 0 Å². The Morgan fingerprint density at radius 2 is 1.92 bits per heavy atom. The lowest BCUT2D eigenvalue weighted by molar-refractivity contribution is -0.137. The quantitative estimate of drug-likeness (QED) is 0.567. The standard InChI is InChI=1S/C20H26O5/c1-12(2)15-7-6-14(11-21)8-16(15)20-17(22)9-13(10-18(20)23)4-3-5-19(24)25/h8-10,15-16,21-23H,1,3-7,11H2,2H3,(H,24,25)/t15-,16?/m0/s1. The summed E-state index contributed by atoms with van der Waals surface area (Å²) in [6, 6.07) is 3.18. The SMILES string of the molecule is C=C(C)[C@@H]1CCC(CO)=CC1c1c(O)cc(CCCC(=O)O)cc1O. The molecule has 0 heterocycles. The van der Waals surface area contributed by atoms with Gasteiger partial charge in [0.25, 0.3) is 0 Å². The number of aryl methyl sites for hydroxylation is 1. The molecule has 0 saturated heterocycles. The van der Waals surface area contributed by atoms with E-state index in [1.165, 1.54) is 0 Å². The summed E-state index contributed by atoms with van der Waals surface area (Å²) in [6.45, 7) is 5.93. The van der Waals surface area contributed by atoms with E-state index in [0.717, 1.165) is 24.0 Å². The van der Waals surface area contributed by atoms with Gasteiger partial charge in [0.05, 0.1) is 6.61 Å². The second-order valence-electron chi connectivity index (χ2n) is 6.80. The molecule has 0 amide bonds. The third kappa shape index (κ3) is 4.63. The molecule has 5 nitrogen and oxygen atoms in total. The molecule has 5 heteroatoms. The van der Waals surface area contributed by atoms with Crippen molar-refractivity contribution in [1.82, 2.24) is 0 Å². The van der Waals surface area contributed by atoms with Crippen molar-refractivity contribution in [3.63, 3.8) is 0 Å². The van der Waals surface area contributed by atoms with E-state index in [4.69, 9.17) is 5.11 Å². The predicted octanol–water partition coefficient (Wildman–Crippen LogP) is 3.49. The minimum Gasteiger partial charge on any atom is -0.507 e. The van der Waals surface area contributed by atoms with Crippen LogP contribution in [0.1, 0.15) is 49.7 Å². The van der Waals surface area contributed by atoms with Crippen LogP contribution in [0.3, 0.4) is 0 Å². The van der Waals surface area contributed by atoms with Crippen LogP contribution in [0.5, 0.6) is 11.5 Å². The van der Waals surface area contributed by atoms with E-state index < -0.39 is 5.97 Å². The third-order valence-electron chi connectivity index (χ3n) is 4.85. The number of allylic oxidation sites excluding steroid dienone is 2. The molecule has 2 rings (SSSR count). The minimum absolute atomic E-state index is 0.00276. The van der Waals surface area contributed by atoms with E-state index in [-0.39, 0.29) is 36.4 Å². The summed E-state index contributed by atoms with van der Waals surface area (Å²) in [5.41, 5.74) is 3.02. The average Bonchev–Trinajstić information content (AvgIpc) is 2.53. The first-order valence-corrected chi connectivity index (χ1v) is 8.55. The molecule has 0 aromatic heterocycles. The maximum Gasteiger partial charge on any atom is 0.303 e. The molecule has 0 saturated carbocycles. The highest BCUT2D eigenvalue weighted by Gasteiger charge is 2.30. The number of carboxylic acids is 1. The molecule has 0 fully saturated rings. The molecule has 1 unspecified atom stereocenters. The van der Waals surface area contributed by atoms with Gasteiger partial charge in [-0.3, -0.25) is 4.79 Å². The minimum atomic E-state index is -0.863. The van der Waals surface area contributed by atoms with E-state index in [1.54, 1.807) is 12.1 Å². The Morgan fingerprint density at radius 1 is 1.28 bits per heavy atom. The van der Waals surface area contributed by atoms with Crippen LogP contribution < -0.4 is 0 Å². The molecule has 136 valence electrons. The number of benzene rings is 1. The smallest absolute Gasteiger partial charge is 0.303 e. The van der Waals surface area contributed by atoms with Crippen molar-refractivity contribution in [3.05, 3.63) is 47.1 Å². The van der Waals surface area contributed by atoms with Crippen LogP contribution in [0.25, 0.3) is 0 Å². The van der Waals surface area contributed by atoms with Gasteiger partial charge < -0.3 is 20.4 Å². The number of aromatic hydroxyl groups is 2. The maximum atomic E-state index is 10.6. The molecule has 4 N–H and O–H groups in total. The summed E-state index contributed by atoms with van der Waals surface area (Å²) in [4.78, 5) is 10.6. The largest absolute Gasteiger partial charge is 0.507 e. The Bertz CT molecular complexity index is 666. The van der Waals surface area contributed by atoms with Crippen LogP contribution >= 0.6 is 0 Å². The Labute approximate surface area is 147 Å². The molecule has 0 aliphatic heterocycles. The van der Waals surface area contributed by atoms with Gasteiger partial charge in [-0.05, 0) is 61.8 Å². The van der Waals surface area contributed by atoms with Crippen molar-refractivity contribution in [3.8, 4) is 11.5 Å². The van der Waals surface area contributed by atoms with Crippen molar-refractivity contribution < 1.29 is 25.2 Å². The number of aliphatic hydroxyl groups is 1. The topological polar surface area (TPSA) is 98.0 Å². The number of carboxylic acid groups (broad SMARTS) is 1. The van der Waals surface area contributed by atoms with Crippen molar-refractivity contribution in [2.45, 2.75) is 44.9 Å². The molecule has 0 radical (unpaired) electrons. The van der Waals surface area contributed by atoms with Gasteiger partial charge in [0.2, 0.25) is 0 Å². The monoisotopic (exact) mass is 346 g/mol. The number of phenolic OH excluding ortho intramolecular Hbond substituents is 2. The summed E-state index contributed by atoms with van der Waals surface area (Å²) in [6.07, 6.45) is 4.47. The fourth-order valence-electron chi connectivity index (χ4n) is 3.55. The summed E-state index contributed by atoms with van der Waals surface area (Å²) in [5, 5.41) is 39.1. The highest BCUT2D eigenvalue weighted by atomic mass is 16.4. The first kappa shape index (κ1) is 19.1. The molecule has 1 aliphatic rings. The van der Waals surface area contributed by atoms with Crippen LogP contribution in [0.15, 0.2) is 35.9 Å². The Balaban J connectivity index is 2.33. The summed E-state index contributed by atoms with van der Waals surface area (Å²) >= 11 is 0. The van der Waals surface area contributed by atoms with Crippen LogP contribution in [0.2, 0.25) is 0 Å². The van der Waals surface area contributed by atoms with Crippen LogP contribution in [0.4, 0.5) is 0 Å². The van der Waals surface area contributed by atoms with Gasteiger partial charge in [0.1, 0.15) is 11.5 Å². The van der Waals surface area contributed by atoms with Crippen molar-refractivity contribution in [2.24, 2.45) is 5.92 Å². The molecule has 1 aromatic carbocycles. The predicted molar refractivity (Wildman–Crippen MR) is 95.8 cm³/mol. The molecule has 1 aliphatic carbocycles. The van der Waals surface area contributed by atoms with Crippen LogP contribution in [0, 0.1) is 5.92 Å². The van der Waals surface area contributed by atoms with Gasteiger partial charge in [-0.25, -0.2) is 0 Å². The van der Waals surface area contributed by atoms with E-state index in [0.29, 0.717) is 24.0 Å². The van der Waals surface area contributed by atoms with Gasteiger partial charge in [-0.1, -0.05) is 18.2 Å². The van der Waals surface area contributed by atoms with Crippen LogP contribution in [-0.4, -0.2) is 33.0 Å². The van der Waals surface area contributed by atoms with E-state index in [9.17, 15) is 20.1 Å². The second kappa shape index (κ2) is 8.21. The highest BCUT2D eigenvalue weighted by molar-refractivity contribution is 5.66. The number of carbonyl (C=O) groups is 1. The first-order chi connectivity index (χ1) is 11.8. The molecule has 0 spiro atoms. The second-order valence-corrected chi connectivity index (χ2v) is 6.80. The summed E-state index contributed by atoms with van der Waals surface area (Å²) < 4.78 is 0. The number of hydrogen-bond acceptors (Lipinski definition) is 4. The van der Waals surface area contributed by atoms with Gasteiger partial charge in [-0.2, -0.15) is 0 Å². The van der Waals surface area contributed by atoms with Crippen molar-refractivity contribution in [2.75, 3.05) is 6.61 Å². The lowest BCUT2D eigenvalue weighted by atomic mass is 9.73. The number of phenols is 2. The Hall–Kier alpha value is -2.27. The third-order valence-corrected chi connectivity index (χ3v) is 4.85. The number of hydrogen-bond donors (Lipinski definition) is 4. The van der Waals surface area contributed by atoms with Crippen LogP contribution in [-0.2, 0) is 11.2 Å². The zero-order chi connectivity index (χ0) is 18.6. The average molecular weight is 346 g/mol. The van der Waals surface area contributed by atoms with Crippen molar-refractivity contribution >= 4 is 5.97 Å². The molecule has 1 aromatic rings. The van der Waals surface area contributed by atoms with Gasteiger partial charge in [0, 0.05) is 17.9 Å². The molecule has 2 atom stereocenters. The van der Waals surface area contributed by atoms with E-state index >= 15 is 0 Å². The van der Waals surface area contributed by atoms with E-state index in [1.807, 2.05) is 13.0 Å². The normalized spacial score (nSPS) is 20.2. The fraction of sp³-hybridized carbons (Fsp3) is 0.450. The maximum absolute atomic E-state index is 10.6. The Kier molecular flexibility index (Phi) is 6.26. The zero-order valence-corrected chi connectivity index (χ0v) is 14.5. The lowest BCUT2D eigenvalue weighted by Gasteiger charge is -2.31. The zero-order valence-electron chi connectivity index (χ0n) is 14.5.